The Morgan fingerprint density at radius 1 is 1.08 bits per heavy atom. The summed E-state index contributed by atoms with van der Waals surface area (Å²) in [7, 11) is 0. The van der Waals surface area contributed by atoms with Crippen molar-refractivity contribution in [2.24, 2.45) is 0 Å². The number of carbonyl (C=O) groups excluding carboxylic acids is 2. The van der Waals surface area contributed by atoms with E-state index in [4.69, 9.17) is 0 Å². The molecule has 1 aliphatic rings. The third-order valence-corrected chi connectivity index (χ3v) is 4.17. The quantitative estimate of drug-likeness (QED) is 0.915. The minimum Gasteiger partial charge on any atom is -0.340 e. The second-order valence-corrected chi connectivity index (χ2v) is 5.78. The third-order valence-electron chi connectivity index (χ3n) is 4.17. The number of rotatable bonds is 3. The topological polar surface area (TPSA) is 52.7 Å². The number of piperazine rings is 1. The Morgan fingerprint density at radius 2 is 1.62 bits per heavy atom. The van der Waals surface area contributed by atoms with Crippen molar-refractivity contribution in [2.75, 3.05) is 31.5 Å². The van der Waals surface area contributed by atoms with E-state index in [1.807, 2.05) is 4.90 Å². The average molecular weight is 343 g/mol. The van der Waals surface area contributed by atoms with Gasteiger partial charge in [-0.3, -0.25) is 14.5 Å². The molecule has 0 aromatic heterocycles. The van der Waals surface area contributed by atoms with Crippen LogP contribution in [0.1, 0.15) is 19.4 Å². The molecule has 132 valence electrons. The molecular formula is C16H20F3N3O2. The van der Waals surface area contributed by atoms with Crippen molar-refractivity contribution in [3.8, 4) is 0 Å². The molecule has 0 spiro atoms. The van der Waals surface area contributed by atoms with Crippen molar-refractivity contribution in [2.45, 2.75) is 26.1 Å². The Hall–Kier alpha value is -2.09. The van der Waals surface area contributed by atoms with Crippen LogP contribution in [-0.4, -0.2) is 53.8 Å². The highest BCUT2D eigenvalue weighted by atomic mass is 19.4. The van der Waals surface area contributed by atoms with Crippen LogP contribution in [0.25, 0.3) is 0 Å². The first-order valence-electron chi connectivity index (χ1n) is 7.66. The first-order valence-corrected chi connectivity index (χ1v) is 7.66. The van der Waals surface area contributed by atoms with E-state index >= 15 is 0 Å². The van der Waals surface area contributed by atoms with Crippen molar-refractivity contribution < 1.29 is 22.8 Å². The summed E-state index contributed by atoms with van der Waals surface area (Å²) < 4.78 is 37.6. The molecule has 0 radical (unpaired) electrons. The van der Waals surface area contributed by atoms with Crippen molar-refractivity contribution in [1.82, 2.24) is 9.80 Å². The minimum atomic E-state index is -4.40. The Bertz CT molecular complexity index is 594. The number of halogens is 3. The lowest BCUT2D eigenvalue weighted by Crippen LogP contribution is -2.53. The lowest BCUT2D eigenvalue weighted by molar-refractivity contribution is -0.137. The molecule has 0 bridgehead atoms. The van der Waals surface area contributed by atoms with Crippen LogP contribution in [0.15, 0.2) is 24.3 Å². The van der Waals surface area contributed by atoms with Gasteiger partial charge in [0.1, 0.15) is 0 Å². The predicted octanol–water partition coefficient (Wildman–Crippen LogP) is 2.20. The Kier molecular flexibility index (Phi) is 5.48. The monoisotopic (exact) mass is 343 g/mol. The van der Waals surface area contributed by atoms with Crippen LogP contribution >= 0.6 is 0 Å². The number of amides is 2. The van der Waals surface area contributed by atoms with Crippen LogP contribution in [0.4, 0.5) is 18.9 Å². The molecule has 1 aromatic rings. The van der Waals surface area contributed by atoms with Gasteiger partial charge in [0.15, 0.2) is 0 Å². The number of nitrogens with zero attached hydrogens (tertiary/aromatic N) is 2. The number of hydrogen-bond acceptors (Lipinski definition) is 3. The minimum absolute atomic E-state index is 0.0107. The van der Waals surface area contributed by atoms with Crippen molar-refractivity contribution in [3.63, 3.8) is 0 Å². The van der Waals surface area contributed by atoms with Gasteiger partial charge in [0, 0.05) is 38.8 Å². The summed E-state index contributed by atoms with van der Waals surface area (Å²) in [6, 6.07) is 3.92. The van der Waals surface area contributed by atoms with Gasteiger partial charge in [0.05, 0.1) is 11.6 Å². The van der Waals surface area contributed by atoms with Crippen LogP contribution < -0.4 is 5.32 Å². The number of anilines is 1. The van der Waals surface area contributed by atoms with E-state index < -0.39 is 17.8 Å². The standard InChI is InChI=1S/C16H20F3N3O2/c1-11(21-7-9-22(10-8-21)12(2)23)15(24)20-14-5-3-13(4-6-14)16(17,18)19/h3-6,11H,7-10H2,1-2H3,(H,20,24)/t11-/m0/s1. The molecule has 1 N–H and O–H groups in total. The fourth-order valence-corrected chi connectivity index (χ4v) is 2.58. The highest BCUT2D eigenvalue weighted by Crippen LogP contribution is 2.29. The van der Waals surface area contributed by atoms with Gasteiger partial charge in [-0.15, -0.1) is 0 Å². The summed E-state index contributed by atoms with van der Waals surface area (Å²) in [5.74, 6) is -0.275. The highest BCUT2D eigenvalue weighted by Gasteiger charge is 2.30. The summed E-state index contributed by atoms with van der Waals surface area (Å²) >= 11 is 0. The predicted molar refractivity (Wildman–Crippen MR) is 83.4 cm³/mol. The van der Waals surface area contributed by atoms with E-state index in [9.17, 15) is 22.8 Å². The van der Waals surface area contributed by atoms with Crippen LogP contribution in [0.5, 0.6) is 0 Å². The fourth-order valence-electron chi connectivity index (χ4n) is 2.58. The maximum atomic E-state index is 12.5. The maximum absolute atomic E-state index is 12.5. The van der Waals surface area contributed by atoms with E-state index in [1.54, 1.807) is 11.8 Å². The maximum Gasteiger partial charge on any atom is 0.416 e. The van der Waals surface area contributed by atoms with Gasteiger partial charge >= 0.3 is 6.18 Å². The lowest BCUT2D eigenvalue weighted by Gasteiger charge is -2.37. The molecule has 1 aliphatic heterocycles. The van der Waals surface area contributed by atoms with E-state index in [0.29, 0.717) is 31.9 Å². The molecule has 5 nitrogen and oxygen atoms in total. The van der Waals surface area contributed by atoms with Gasteiger partial charge in [-0.25, -0.2) is 0 Å². The van der Waals surface area contributed by atoms with Crippen LogP contribution in [0, 0.1) is 0 Å². The van der Waals surface area contributed by atoms with E-state index in [0.717, 1.165) is 12.1 Å². The molecule has 8 heteroatoms. The zero-order valence-electron chi connectivity index (χ0n) is 13.6. The van der Waals surface area contributed by atoms with Gasteiger partial charge in [-0.2, -0.15) is 13.2 Å². The van der Waals surface area contributed by atoms with Crippen molar-refractivity contribution in [3.05, 3.63) is 29.8 Å². The Labute approximate surface area is 138 Å². The van der Waals surface area contributed by atoms with Crippen LogP contribution in [-0.2, 0) is 15.8 Å². The van der Waals surface area contributed by atoms with E-state index in [1.165, 1.54) is 19.1 Å². The summed E-state index contributed by atoms with van der Waals surface area (Å²) in [5, 5.41) is 2.62. The number of carbonyl (C=O) groups is 2. The van der Waals surface area contributed by atoms with Crippen molar-refractivity contribution >= 4 is 17.5 Å². The third kappa shape index (κ3) is 4.47. The van der Waals surface area contributed by atoms with Crippen LogP contribution in [0.2, 0.25) is 0 Å². The highest BCUT2D eigenvalue weighted by molar-refractivity contribution is 5.94. The molecule has 1 aromatic carbocycles. The van der Waals surface area contributed by atoms with Gasteiger partial charge in [0.2, 0.25) is 11.8 Å². The molecule has 1 fully saturated rings. The second-order valence-electron chi connectivity index (χ2n) is 5.78. The molecule has 0 aliphatic carbocycles. The number of nitrogens with one attached hydrogen (secondary N) is 1. The Balaban J connectivity index is 1.91. The molecule has 1 heterocycles. The molecular weight excluding hydrogens is 323 g/mol. The SMILES string of the molecule is CC(=O)N1CCN([C@@H](C)C(=O)Nc2ccc(C(F)(F)F)cc2)CC1. The molecule has 1 atom stereocenters. The first kappa shape index (κ1) is 18.3. The van der Waals surface area contributed by atoms with Gasteiger partial charge < -0.3 is 10.2 Å². The molecule has 0 saturated carbocycles. The largest absolute Gasteiger partial charge is 0.416 e. The number of hydrogen-bond donors (Lipinski definition) is 1. The molecule has 0 unspecified atom stereocenters. The van der Waals surface area contributed by atoms with Crippen molar-refractivity contribution in [1.29, 1.82) is 0 Å². The van der Waals surface area contributed by atoms with E-state index in [-0.39, 0.29) is 11.8 Å². The van der Waals surface area contributed by atoms with Gasteiger partial charge in [0.25, 0.3) is 0 Å². The normalized spacial score (nSPS) is 17.5. The zero-order valence-corrected chi connectivity index (χ0v) is 13.6. The first-order chi connectivity index (χ1) is 11.2. The molecule has 1 saturated heterocycles. The fraction of sp³-hybridized carbons (Fsp3) is 0.500. The molecule has 2 rings (SSSR count). The van der Waals surface area contributed by atoms with Gasteiger partial charge in [-0.1, -0.05) is 0 Å². The average Bonchev–Trinajstić information content (AvgIpc) is 2.54. The smallest absolute Gasteiger partial charge is 0.340 e. The summed E-state index contributed by atoms with van der Waals surface area (Å²) in [4.78, 5) is 27.2. The second kappa shape index (κ2) is 7.21. The lowest BCUT2D eigenvalue weighted by atomic mass is 10.2. The summed E-state index contributed by atoms with van der Waals surface area (Å²) in [6.45, 7) is 5.54. The Morgan fingerprint density at radius 3 is 2.08 bits per heavy atom. The number of alkyl halides is 3. The summed E-state index contributed by atoms with van der Waals surface area (Å²) in [6.07, 6.45) is -4.40. The number of benzene rings is 1. The van der Waals surface area contributed by atoms with Gasteiger partial charge in [-0.05, 0) is 31.2 Å². The van der Waals surface area contributed by atoms with E-state index in [2.05, 4.69) is 5.32 Å². The molecule has 2 amide bonds. The van der Waals surface area contributed by atoms with Crippen LogP contribution in [0.3, 0.4) is 0 Å². The summed E-state index contributed by atoms with van der Waals surface area (Å²) in [5.41, 5.74) is -0.434. The zero-order chi connectivity index (χ0) is 17.9. The molecule has 24 heavy (non-hydrogen) atoms.